The number of benzene rings is 3. The summed E-state index contributed by atoms with van der Waals surface area (Å²) < 4.78 is 48.0. The molecule has 2 amide bonds. The molecule has 1 aliphatic rings. The third kappa shape index (κ3) is 5.36. The first-order valence-electron chi connectivity index (χ1n) is 12.1. The number of nitrogens with two attached hydrogens (primary N) is 1. The van der Waals surface area contributed by atoms with Gasteiger partial charge in [-0.2, -0.15) is 0 Å². The van der Waals surface area contributed by atoms with Crippen molar-refractivity contribution in [1.82, 2.24) is 4.90 Å². The first kappa shape index (κ1) is 28.2. The van der Waals surface area contributed by atoms with Crippen LogP contribution in [0.25, 0.3) is 11.1 Å². The lowest BCUT2D eigenvalue weighted by atomic mass is 9.85. The number of halogens is 3. The summed E-state index contributed by atoms with van der Waals surface area (Å²) in [6, 6.07) is 12.7. The van der Waals surface area contributed by atoms with Gasteiger partial charge in [-0.1, -0.05) is 41.9 Å². The molecule has 1 aliphatic heterocycles. The van der Waals surface area contributed by atoms with Crippen LogP contribution >= 0.6 is 11.6 Å². The quantitative estimate of drug-likeness (QED) is 0.395. The van der Waals surface area contributed by atoms with Gasteiger partial charge in [0.1, 0.15) is 17.2 Å². The number of carbonyl (C=O) groups is 2. The summed E-state index contributed by atoms with van der Waals surface area (Å²) in [6.07, 6.45) is -0.527. The van der Waals surface area contributed by atoms with Gasteiger partial charge in [-0.05, 0) is 38.5 Å². The second-order valence-corrected chi connectivity index (χ2v) is 10.7. The number of rotatable bonds is 6. The molecule has 0 spiro atoms. The fourth-order valence-corrected chi connectivity index (χ4v) is 5.00. The largest absolute Gasteiger partial charge is 0.494 e. The fraction of sp³-hybridized carbons (Fsp3) is 0.310. The monoisotopic (exact) mass is 558 g/mol. The van der Waals surface area contributed by atoms with Gasteiger partial charge in [-0.15, -0.1) is 0 Å². The SMILES string of the molecule is COc1ccc(C(N)=O)c(-c2c(Cl)c(F)cc3c2CC(CN(C)C(=O)OC(C)(C)C)(c2ccccc2)O3)c1F. The molecule has 1 heterocycles. The summed E-state index contributed by atoms with van der Waals surface area (Å²) in [4.78, 5) is 26.6. The Labute approximate surface area is 230 Å². The van der Waals surface area contributed by atoms with E-state index < -0.39 is 39.9 Å². The molecule has 0 bridgehead atoms. The molecule has 206 valence electrons. The van der Waals surface area contributed by atoms with Gasteiger partial charge in [-0.3, -0.25) is 4.79 Å². The Kier molecular flexibility index (Phi) is 7.49. The molecule has 0 aliphatic carbocycles. The highest BCUT2D eigenvalue weighted by Crippen LogP contribution is 2.51. The smallest absolute Gasteiger partial charge is 0.410 e. The van der Waals surface area contributed by atoms with E-state index >= 15 is 8.78 Å². The number of amides is 2. The van der Waals surface area contributed by atoms with Crippen molar-refractivity contribution in [1.29, 1.82) is 0 Å². The number of nitrogens with zero attached hydrogens (tertiary/aromatic N) is 1. The molecule has 0 aromatic heterocycles. The summed E-state index contributed by atoms with van der Waals surface area (Å²) in [5, 5.41) is -0.406. The Balaban J connectivity index is 1.91. The van der Waals surface area contributed by atoms with Crippen molar-refractivity contribution in [2.75, 3.05) is 20.7 Å². The minimum atomic E-state index is -1.22. The summed E-state index contributed by atoms with van der Waals surface area (Å²) in [6.45, 7) is 5.26. The normalized spacial score (nSPS) is 16.3. The van der Waals surface area contributed by atoms with E-state index in [-0.39, 0.29) is 41.2 Å². The van der Waals surface area contributed by atoms with E-state index in [1.54, 1.807) is 40.0 Å². The van der Waals surface area contributed by atoms with Crippen molar-refractivity contribution in [3.05, 3.63) is 81.9 Å². The Hall–Kier alpha value is -3.85. The zero-order valence-corrected chi connectivity index (χ0v) is 23.0. The molecule has 1 atom stereocenters. The van der Waals surface area contributed by atoms with Crippen LogP contribution in [0.5, 0.6) is 11.5 Å². The molecule has 7 nitrogen and oxygen atoms in total. The topological polar surface area (TPSA) is 91.1 Å². The summed E-state index contributed by atoms with van der Waals surface area (Å²) in [5.41, 5.74) is 4.07. The summed E-state index contributed by atoms with van der Waals surface area (Å²) in [5.74, 6) is -2.83. The van der Waals surface area contributed by atoms with Crippen LogP contribution in [-0.4, -0.2) is 43.2 Å². The number of hydrogen-bond acceptors (Lipinski definition) is 5. The highest BCUT2D eigenvalue weighted by molar-refractivity contribution is 6.34. The average Bonchev–Trinajstić information content (AvgIpc) is 3.23. The zero-order valence-electron chi connectivity index (χ0n) is 22.2. The molecule has 10 heteroatoms. The van der Waals surface area contributed by atoms with Gasteiger partial charge in [0.25, 0.3) is 0 Å². The third-order valence-electron chi connectivity index (χ3n) is 6.39. The second kappa shape index (κ2) is 10.4. The van der Waals surface area contributed by atoms with Gasteiger partial charge >= 0.3 is 6.09 Å². The van der Waals surface area contributed by atoms with Crippen LogP contribution in [-0.2, 0) is 16.8 Å². The third-order valence-corrected chi connectivity index (χ3v) is 6.76. The van der Waals surface area contributed by atoms with Crippen LogP contribution in [0, 0.1) is 11.6 Å². The van der Waals surface area contributed by atoms with Crippen LogP contribution in [0.3, 0.4) is 0 Å². The van der Waals surface area contributed by atoms with Crippen molar-refractivity contribution in [2.45, 2.75) is 38.4 Å². The number of carbonyl (C=O) groups excluding carboxylic acids is 2. The molecule has 1 unspecified atom stereocenters. The zero-order chi connectivity index (χ0) is 28.7. The lowest BCUT2D eigenvalue weighted by Gasteiger charge is -2.34. The number of ether oxygens (including phenoxy) is 3. The van der Waals surface area contributed by atoms with Crippen LogP contribution in [0.4, 0.5) is 13.6 Å². The van der Waals surface area contributed by atoms with E-state index in [2.05, 4.69) is 0 Å². The van der Waals surface area contributed by atoms with E-state index in [9.17, 15) is 9.59 Å². The van der Waals surface area contributed by atoms with Crippen LogP contribution in [0.15, 0.2) is 48.5 Å². The van der Waals surface area contributed by atoms with Crippen molar-refractivity contribution < 1.29 is 32.6 Å². The summed E-state index contributed by atoms with van der Waals surface area (Å²) >= 11 is 6.45. The maximum absolute atomic E-state index is 15.7. The van der Waals surface area contributed by atoms with Crippen molar-refractivity contribution in [2.24, 2.45) is 5.73 Å². The first-order valence-corrected chi connectivity index (χ1v) is 12.5. The molecular formula is C29H29ClF2N2O5. The maximum Gasteiger partial charge on any atom is 0.410 e. The molecule has 4 rings (SSSR count). The molecule has 0 saturated heterocycles. The molecule has 0 saturated carbocycles. The Morgan fingerprint density at radius 3 is 2.38 bits per heavy atom. The van der Waals surface area contributed by atoms with E-state index in [1.807, 2.05) is 18.2 Å². The number of likely N-dealkylation sites (N-methyl/N-ethyl adjacent to an activating group) is 1. The van der Waals surface area contributed by atoms with Gasteiger partial charge in [0, 0.05) is 36.2 Å². The fourth-order valence-electron chi connectivity index (χ4n) is 4.73. The molecule has 0 fully saturated rings. The number of hydrogen-bond donors (Lipinski definition) is 1. The highest BCUT2D eigenvalue weighted by Gasteiger charge is 2.46. The van der Waals surface area contributed by atoms with E-state index in [0.29, 0.717) is 11.1 Å². The van der Waals surface area contributed by atoms with Gasteiger partial charge in [-0.25, -0.2) is 13.6 Å². The molecular weight excluding hydrogens is 530 g/mol. The number of methoxy groups -OCH3 is 1. The molecule has 0 radical (unpaired) electrons. The van der Waals surface area contributed by atoms with Gasteiger partial charge < -0.3 is 24.8 Å². The van der Waals surface area contributed by atoms with Gasteiger partial charge in [0.2, 0.25) is 5.91 Å². The minimum Gasteiger partial charge on any atom is -0.494 e. The van der Waals surface area contributed by atoms with Crippen LogP contribution < -0.4 is 15.2 Å². The van der Waals surface area contributed by atoms with E-state index in [0.717, 1.165) is 6.07 Å². The number of fused-ring (bicyclic) bond motifs is 1. The van der Waals surface area contributed by atoms with Crippen molar-refractivity contribution >= 4 is 23.6 Å². The Morgan fingerprint density at radius 2 is 1.79 bits per heavy atom. The second-order valence-electron chi connectivity index (χ2n) is 10.4. The Morgan fingerprint density at radius 1 is 1.13 bits per heavy atom. The summed E-state index contributed by atoms with van der Waals surface area (Å²) in [7, 11) is 2.83. The van der Waals surface area contributed by atoms with Crippen LogP contribution in [0.1, 0.15) is 42.3 Å². The molecule has 39 heavy (non-hydrogen) atoms. The first-order chi connectivity index (χ1) is 18.3. The predicted octanol–water partition coefficient (Wildman–Crippen LogP) is 6.09. The van der Waals surface area contributed by atoms with Crippen LogP contribution in [0.2, 0.25) is 5.02 Å². The van der Waals surface area contributed by atoms with E-state index in [4.69, 9.17) is 31.5 Å². The predicted molar refractivity (Wildman–Crippen MR) is 143 cm³/mol. The average molecular weight is 559 g/mol. The number of primary amides is 1. The van der Waals surface area contributed by atoms with Gasteiger partial charge in [0.05, 0.1) is 24.2 Å². The lowest BCUT2D eigenvalue weighted by molar-refractivity contribution is 0.00576. The highest BCUT2D eigenvalue weighted by atomic mass is 35.5. The molecule has 3 aromatic rings. The van der Waals surface area contributed by atoms with E-state index in [1.165, 1.54) is 24.1 Å². The molecule has 2 N–H and O–H groups in total. The van der Waals surface area contributed by atoms with Gasteiger partial charge in [0.15, 0.2) is 17.2 Å². The van der Waals surface area contributed by atoms with Crippen molar-refractivity contribution in [3.63, 3.8) is 0 Å². The Bertz CT molecular complexity index is 1440. The molecule has 3 aromatic carbocycles. The van der Waals surface area contributed by atoms with Crippen molar-refractivity contribution in [3.8, 4) is 22.6 Å². The minimum absolute atomic E-state index is 0.00253. The maximum atomic E-state index is 15.7. The standard InChI is InChI=1S/C29H29ClF2N2O5/c1-28(2,3)39-27(36)34(4)15-29(16-9-7-6-8-10-16)14-18-21(38-29)13-19(31)24(30)22(18)23-17(26(33)35)11-12-20(37-5)25(23)32/h6-13H,14-15H2,1-5H3,(H2,33,35). The lowest BCUT2D eigenvalue weighted by Crippen LogP contribution is -2.46.